The van der Waals surface area contributed by atoms with Gasteiger partial charge in [-0.2, -0.15) is 5.26 Å². The molecule has 0 aliphatic carbocycles. The van der Waals surface area contributed by atoms with Crippen LogP contribution >= 0.6 is 11.8 Å². The van der Waals surface area contributed by atoms with E-state index in [1.165, 1.54) is 48.2 Å². The predicted molar refractivity (Wildman–Crippen MR) is 148 cm³/mol. The zero-order chi connectivity index (χ0) is 28.1. The van der Waals surface area contributed by atoms with E-state index in [0.29, 0.717) is 5.56 Å². The van der Waals surface area contributed by atoms with Gasteiger partial charge in [-0.1, -0.05) is 17.8 Å². The fraction of sp³-hybridized carbons (Fsp3) is 0.0690. The van der Waals surface area contributed by atoms with Crippen molar-refractivity contribution in [3.63, 3.8) is 0 Å². The first kappa shape index (κ1) is 26.9. The summed E-state index contributed by atoms with van der Waals surface area (Å²) >= 11 is 1.49. The molecule has 4 rings (SSSR count). The van der Waals surface area contributed by atoms with Crippen molar-refractivity contribution in [2.24, 2.45) is 0 Å². The average molecular weight is 539 g/mol. The molecule has 1 amide bonds. The van der Waals surface area contributed by atoms with Gasteiger partial charge < -0.3 is 15.0 Å². The molecule has 0 aliphatic heterocycles. The first-order valence-electron chi connectivity index (χ1n) is 11.6. The molecule has 2 N–H and O–H groups in total. The van der Waals surface area contributed by atoms with Crippen molar-refractivity contribution in [2.75, 3.05) is 5.32 Å². The molecule has 39 heavy (non-hydrogen) atoms. The Morgan fingerprint density at radius 2 is 1.67 bits per heavy atom. The normalized spacial score (nSPS) is 11.1. The van der Waals surface area contributed by atoms with Crippen molar-refractivity contribution >= 4 is 41.1 Å². The second-order valence-corrected chi connectivity index (χ2v) is 9.67. The fourth-order valence-electron chi connectivity index (χ4n) is 4.00. The number of nitro benzene ring substituents is 1. The maximum atomic E-state index is 12.7. The number of hydrogen-bond acceptors (Lipinski definition) is 6. The molecule has 10 heteroatoms. The second kappa shape index (κ2) is 11.5. The number of hydrogen-bond donors (Lipinski definition) is 2. The highest BCUT2D eigenvalue weighted by molar-refractivity contribution is 7.99. The van der Waals surface area contributed by atoms with E-state index in [4.69, 9.17) is 5.11 Å². The molecule has 3 aromatic carbocycles. The van der Waals surface area contributed by atoms with E-state index in [-0.39, 0.29) is 22.5 Å². The van der Waals surface area contributed by atoms with Gasteiger partial charge in [0.05, 0.1) is 10.5 Å². The maximum absolute atomic E-state index is 12.7. The van der Waals surface area contributed by atoms with Gasteiger partial charge >= 0.3 is 5.97 Å². The summed E-state index contributed by atoms with van der Waals surface area (Å²) in [4.78, 5) is 36.2. The summed E-state index contributed by atoms with van der Waals surface area (Å²) in [6.07, 6.45) is 1.51. The number of non-ortho nitro benzene ring substituents is 1. The molecule has 0 fully saturated rings. The van der Waals surface area contributed by atoms with Crippen LogP contribution in [-0.4, -0.2) is 26.5 Å². The van der Waals surface area contributed by atoms with Crippen molar-refractivity contribution in [3.05, 3.63) is 117 Å². The molecule has 1 heterocycles. The van der Waals surface area contributed by atoms with Gasteiger partial charge in [-0.15, -0.1) is 0 Å². The number of aromatic nitrogens is 1. The van der Waals surface area contributed by atoms with E-state index in [0.717, 1.165) is 26.9 Å². The summed E-state index contributed by atoms with van der Waals surface area (Å²) in [5.41, 5.74) is 3.55. The fourth-order valence-corrected chi connectivity index (χ4v) is 4.82. The van der Waals surface area contributed by atoms with Crippen molar-refractivity contribution in [3.8, 4) is 11.8 Å². The van der Waals surface area contributed by atoms with Gasteiger partial charge in [-0.25, -0.2) is 4.79 Å². The number of carboxylic acid groups (broad SMARTS) is 1. The highest BCUT2D eigenvalue weighted by Gasteiger charge is 2.15. The van der Waals surface area contributed by atoms with Crippen molar-refractivity contribution in [1.82, 2.24) is 4.57 Å². The van der Waals surface area contributed by atoms with Crippen LogP contribution in [0.3, 0.4) is 0 Å². The molecular formula is C29H22N4O5S. The topological polar surface area (TPSA) is 138 Å². The van der Waals surface area contributed by atoms with Crippen LogP contribution < -0.4 is 5.32 Å². The van der Waals surface area contributed by atoms with Gasteiger partial charge in [-0.05, 0) is 86.2 Å². The van der Waals surface area contributed by atoms with E-state index >= 15 is 0 Å². The van der Waals surface area contributed by atoms with Crippen LogP contribution in [0.25, 0.3) is 11.8 Å². The summed E-state index contributed by atoms with van der Waals surface area (Å²) in [7, 11) is 0. The molecule has 0 unspecified atom stereocenters. The predicted octanol–water partition coefficient (Wildman–Crippen LogP) is 6.40. The van der Waals surface area contributed by atoms with Crippen molar-refractivity contribution in [2.45, 2.75) is 23.6 Å². The summed E-state index contributed by atoms with van der Waals surface area (Å²) < 4.78 is 2.01. The average Bonchev–Trinajstić information content (AvgIpc) is 3.20. The highest BCUT2D eigenvalue weighted by atomic mass is 32.2. The number of anilines is 1. The first-order valence-corrected chi connectivity index (χ1v) is 12.5. The van der Waals surface area contributed by atoms with Crippen molar-refractivity contribution in [1.29, 1.82) is 5.26 Å². The Kier molecular flexibility index (Phi) is 7.93. The lowest BCUT2D eigenvalue weighted by Gasteiger charge is -2.11. The van der Waals surface area contributed by atoms with Crippen LogP contribution in [0.15, 0.2) is 94.2 Å². The number of amides is 1. The van der Waals surface area contributed by atoms with Crippen LogP contribution in [0.2, 0.25) is 0 Å². The lowest BCUT2D eigenvalue weighted by molar-refractivity contribution is -0.384. The Morgan fingerprint density at radius 1 is 1.03 bits per heavy atom. The Hall–Kier alpha value is -5.14. The number of carbonyl (C=O) groups is 2. The number of nitriles is 1. The standard InChI is InChI=1S/C29H22N4O5S/c1-18-14-21(15-22(17-30)28(34)31-23-5-3-4-20(16-23)29(35)36)19(2)32(18)24-6-10-26(11-7-24)39-27-12-8-25(9-13-27)33(37)38/h3-16H,1-2H3,(H,31,34)(H,35,36)/b22-15-. The molecule has 194 valence electrons. The Labute approximate surface area is 228 Å². The van der Waals surface area contributed by atoms with E-state index in [1.54, 1.807) is 18.2 Å². The third-order valence-corrected chi connectivity index (χ3v) is 6.90. The molecule has 1 aromatic heterocycles. The molecule has 0 saturated carbocycles. The number of aryl methyl sites for hydroxylation is 1. The summed E-state index contributed by atoms with van der Waals surface area (Å²) in [5.74, 6) is -1.76. The van der Waals surface area contributed by atoms with Gasteiger partial charge in [0.2, 0.25) is 0 Å². The zero-order valence-corrected chi connectivity index (χ0v) is 21.7. The Balaban J connectivity index is 1.53. The molecule has 0 spiro atoms. The third kappa shape index (κ3) is 6.23. The third-order valence-electron chi connectivity index (χ3n) is 5.88. The zero-order valence-electron chi connectivity index (χ0n) is 20.9. The van der Waals surface area contributed by atoms with E-state index in [2.05, 4.69) is 5.32 Å². The summed E-state index contributed by atoms with van der Waals surface area (Å²) in [6.45, 7) is 3.81. The number of aromatic carboxylic acids is 1. The number of nitrogens with zero attached hydrogens (tertiary/aromatic N) is 3. The summed E-state index contributed by atoms with van der Waals surface area (Å²) in [5, 5.41) is 32.2. The van der Waals surface area contributed by atoms with E-state index in [1.807, 2.05) is 54.8 Å². The molecule has 0 aliphatic rings. The molecule has 0 atom stereocenters. The van der Waals surface area contributed by atoms with Gasteiger partial charge in [0.15, 0.2) is 0 Å². The van der Waals surface area contributed by atoms with Crippen LogP contribution in [0, 0.1) is 35.3 Å². The minimum atomic E-state index is -1.12. The van der Waals surface area contributed by atoms with Crippen LogP contribution in [0.4, 0.5) is 11.4 Å². The van der Waals surface area contributed by atoms with Crippen molar-refractivity contribution < 1.29 is 19.6 Å². The lowest BCUT2D eigenvalue weighted by Crippen LogP contribution is -2.14. The highest BCUT2D eigenvalue weighted by Crippen LogP contribution is 2.31. The monoisotopic (exact) mass is 538 g/mol. The van der Waals surface area contributed by atoms with E-state index in [9.17, 15) is 25.0 Å². The lowest BCUT2D eigenvalue weighted by atomic mass is 10.1. The van der Waals surface area contributed by atoms with Gasteiger partial charge in [0, 0.05) is 44.7 Å². The molecular weight excluding hydrogens is 516 g/mol. The minimum Gasteiger partial charge on any atom is -0.478 e. The van der Waals surface area contributed by atoms with Gasteiger partial charge in [0.1, 0.15) is 11.6 Å². The quantitative estimate of drug-likeness (QED) is 0.115. The second-order valence-electron chi connectivity index (χ2n) is 8.52. The Morgan fingerprint density at radius 3 is 2.26 bits per heavy atom. The molecule has 4 aromatic rings. The largest absolute Gasteiger partial charge is 0.478 e. The molecule has 0 bridgehead atoms. The number of carbonyl (C=O) groups excluding carboxylic acids is 1. The van der Waals surface area contributed by atoms with Crippen LogP contribution in [0.1, 0.15) is 27.3 Å². The summed E-state index contributed by atoms with van der Waals surface area (Å²) in [6, 6.07) is 23.8. The van der Waals surface area contributed by atoms with Gasteiger partial charge in [-0.3, -0.25) is 14.9 Å². The molecule has 0 saturated heterocycles. The smallest absolute Gasteiger partial charge is 0.335 e. The number of nitrogens with one attached hydrogen (secondary N) is 1. The first-order chi connectivity index (χ1) is 18.7. The number of benzene rings is 3. The number of rotatable bonds is 8. The minimum absolute atomic E-state index is 0.0241. The SMILES string of the molecule is Cc1cc(/C=C(/C#N)C(=O)Nc2cccc(C(=O)O)c2)c(C)n1-c1ccc(Sc2ccc([N+](=O)[O-])cc2)cc1. The van der Waals surface area contributed by atoms with Crippen LogP contribution in [-0.2, 0) is 4.79 Å². The van der Waals surface area contributed by atoms with E-state index < -0.39 is 16.8 Å². The Bertz CT molecular complexity index is 1650. The molecule has 0 radical (unpaired) electrons. The van der Waals surface area contributed by atoms with Crippen LogP contribution in [0.5, 0.6) is 0 Å². The maximum Gasteiger partial charge on any atom is 0.335 e. The number of carboxylic acids is 1. The molecule has 9 nitrogen and oxygen atoms in total. The number of nitro groups is 1. The van der Waals surface area contributed by atoms with Gasteiger partial charge in [0.25, 0.3) is 11.6 Å².